The summed E-state index contributed by atoms with van der Waals surface area (Å²) in [5, 5.41) is 7.61. The minimum absolute atomic E-state index is 0.348. The van der Waals surface area contributed by atoms with E-state index >= 15 is 0 Å². The van der Waals surface area contributed by atoms with Crippen molar-refractivity contribution in [2.24, 2.45) is 7.05 Å². The molecule has 0 amide bonds. The van der Waals surface area contributed by atoms with Gasteiger partial charge >= 0.3 is 6.18 Å². The number of hydrogen-bond donors (Lipinski definition) is 2. The van der Waals surface area contributed by atoms with Gasteiger partial charge in [-0.1, -0.05) is 12.0 Å². The number of rotatable bonds is 4. The number of carbonyl (C=O) groups excluding carboxylic acids is 1. The van der Waals surface area contributed by atoms with E-state index in [0.717, 1.165) is 37.1 Å². The summed E-state index contributed by atoms with van der Waals surface area (Å²) in [6, 6.07) is 9.80. The highest BCUT2D eigenvalue weighted by atomic mass is 19.4. The van der Waals surface area contributed by atoms with Gasteiger partial charge in [0.25, 0.3) is 0 Å². The molecule has 9 nitrogen and oxygen atoms in total. The average molecular weight is 565 g/mol. The molecule has 1 aliphatic heterocycles. The molecule has 4 aromatic rings. The summed E-state index contributed by atoms with van der Waals surface area (Å²) in [5.74, 6) is 6.38. The van der Waals surface area contributed by atoms with Crippen LogP contribution in [-0.2, 0) is 19.8 Å². The summed E-state index contributed by atoms with van der Waals surface area (Å²) in [6.07, 6.45) is -0.345. The number of likely N-dealkylation sites (N-methyl/N-ethyl adjacent to an activating group) is 1. The number of alkyl halides is 3. The molecule has 1 aliphatic rings. The molecule has 0 unspecified atom stereocenters. The summed E-state index contributed by atoms with van der Waals surface area (Å²) in [4.78, 5) is 23.3. The number of nitrogens with zero attached hydrogens (tertiary/aromatic N) is 6. The molecule has 12 heteroatoms. The molecule has 214 valence electrons. The predicted octanol–water partition coefficient (Wildman–Crippen LogP) is 3.65. The normalized spacial score (nSPS) is 14.1. The number of halogens is 3. The highest BCUT2D eigenvalue weighted by Gasteiger charge is 2.34. The number of nitrogens with two attached hydrogens (primary N) is 1. The number of aromatic nitrogens is 4. The fraction of sp³-hybridized carbons (Fsp3) is 0.310. The number of nitrogens with one attached hydrogen (secondary N) is 1. The van der Waals surface area contributed by atoms with E-state index in [9.17, 15) is 18.0 Å². The maximum Gasteiger partial charge on any atom is 0.416 e. The van der Waals surface area contributed by atoms with Crippen molar-refractivity contribution in [1.82, 2.24) is 29.5 Å². The first kappa shape index (κ1) is 29.5. The Morgan fingerprint density at radius 3 is 2.49 bits per heavy atom. The van der Waals surface area contributed by atoms with Crippen molar-refractivity contribution in [2.75, 3.05) is 51.3 Å². The third-order valence-electron chi connectivity index (χ3n) is 6.71. The van der Waals surface area contributed by atoms with Crippen LogP contribution in [0.3, 0.4) is 0 Å². The van der Waals surface area contributed by atoms with Crippen LogP contribution in [0.2, 0.25) is 0 Å². The Balaban J connectivity index is 0.000000189. The molecule has 0 atom stereocenters. The van der Waals surface area contributed by atoms with Gasteiger partial charge in [-0.15, -0.1) is 0 Å². The Morgan fingerprint density at radius 1 is 1.07 bits per heavy atom. The Hall–Kier alpha value is -4.47. The minimum Gasteiger partial charge on any atom is -0.388 e. The lowest BCUT2D eigenvalue weighted by molar-refractivity contribution is -0.138. The monoisotopic (exact) mass is 564 g/mol. The summed E-state index contributed by atoms with van der Waals surface area (Å²) in [7, 11) is 5.38. The molecule has 0 aliphatic carbocycles. The first-order valence-electron chi connectivity index (χ1n) is 12.9. The molecule has 0 spiro atoms. The highest BCUT2D eigenvalue weighted by molar-refractivity contribution is 5.91. The zero-order valence-corrected chi connectivity index (χ0v) is 23.0. The number of carbonyl (C=O) groups is 1. The zero-order valence-electron chi connectivity index (χ0n) is 23.0. The van der Waals surface area contributed by atoms with Crippen LogP contribution in [0.1, 0.15) is 32.9 Å². The molecule has 5 rings (SSSR count). The molecule has 0 radical (unpaired) electrons. The van der Waals surface area contributed by atoms with Crippen molar-refractivity contribution in [3.8, 4) is 11.8 Å². The Kier molecular flexibility index (Phi) is 9.21. The van der Waals surface area contributed by atoms with E-state index in [2.05, 4.69) is 42.0 Å². The van der Waals surface area contributed by atoms with Crippen molar-refractivity contribution in [1.29, 1.82) is 0 Å². The highest BCUT2D eigenvalue weighted by Crippen LogP contribution is 2.34. The first-order chi connectivity index (χ1) is 19.6. The molecular formula is C29H31F3N8O. The number of aldehydes is 1. The van der Waals surface area contributed by atoms with Gasteiger partial charge in [-0.3, -0.25) is 19.4 Å². The minimum atomic E-state index is -4.31. The number of fused-ring (bicyclic) bond motifs is 1. The topological polar surface area (TPSA) is 105 Å². The van der Waals surface area contributed by atoms with Gasteiger partial charge in [0.2, 0.25) is 0 Å². The smallest absolute Gasteiger partial charge is 0.388 e. The zero-order chi connectivity index (χ0) is 29.6. The van der Waals surface area contributed by atoms with Gasteiger partial charge in [0.1, 0.15) is 22.7 Å². The van der Waals surface area contributed by atoms with Crippen LogP contribution in [0.15, 0.2) is 48.8 Å². The lowest BCUT2D eigenvalue weighted by Crippen LogP contribution is -2.44. The summed E-state index contributed by atoms with van der Waals surface area (Å²) >= 11 is 0. The number of nitrogen functional groups attached to an aromatic ring is 1. The molecule has 1 saturated heterocycles. The van der Waals surface area contributed by atoms with Crippen LogP contribution in [0.5, 0.6) is 0 Å². The van der Waals surface area contributed by atoms with Gasteiger partial charge in [0.05, 0.1) is 11.1 Å². The second kappa shape index (κ2) is 12.8. The van der Waals surface area contributed by atoms with Gasteiger partial charge in [0, 0.05) is 76.4 Å². The molecule has 3 N–H and O–H groups in total. The van der Waals surface area contributed by atoms with Gasteiger partial charge in [0.15, 0.2) is 6.29 Å². The molecule has 4 heterocycles. The van der Waals surface area contributed by atoms with E-state index < -0.39 is 11.7 Å². The fourth-order valence-electron chi connectivity index (χ4n) is 4.37. The van der Waals surface area contributed by atoms with Crippen LogP contribution < -0.4 is 11.1 Å². The molecule has 0 bridgehead atoms. The van der Waals surface area contributed by atoms with Crippen molar-refractivity contribution < 1.29 is 18.0 Å². The number of benzene rings is 1. The molecular weight excluding hydrogens is 533 g/mol. The predicted molar refractivity (Wildman–Crippen MR) is 152 cm³/mol. The number of piperazine rings is 1. The quantitative estimate of drug-likeness (QED) is 0.286. The summed E-state index contributed by atoms with van der Waals surface area (Å²) < 4.78 is 40.9. The van der Waals surface area contributed by atoms with Crippen molar-refractivity contribution in [3.05, 3.63) is 76.9 Å². The van der Waals surface area contributed by atoms with E-state index in [-0.39, 0.29) is 0 Å². The van der Waals surface area contributed by atoms with Gasteiger partial charge < -0.3 is 16.0 Å². The summed E-state index contributed by atoms with van der Waals surface area (Å²) in [5.41, 5.74) is 8.44. The molecule has 3 aromatic heterocycles. The number of aryl methyl sites for hydroxylation is 1. The van der Waals surface area contributed by atoms with Crippen molar-refractivity contribution >= 4 is 28.7 Å². The fourth-order valence-corrected chi connectivity index (χ4v) is 4.37. The van der Waals surface area contributed by atoms with E-state index in [1.165, 1.54) is 6.07 Å². The first-order valence-corrected chi connectivity index (χ1v) is 12.9. The third kappa shape index (κ3) is 7.39. The second-order valence-corrected chi connectivity index (χ2v) is 9.60. The van der Waals surface area contributed by atoms with Crippen LogP contribution in [0.4, 0.5) is 24.7 Å². The lowest BCUT2D eigenvalue weighted by atomic mass is 10.0. The van der Waals surface area contributed by atoms with E-state index in [1.54, 1.807) is 49.4 Å². The van der Waals surface area contributed by atoms with Gasteiger partial charge in [-0.25, -0.2) is 4.98 Å². The molecule has 0 saturated carbocycles. The average Bonchev–Trinajstić information content (AvgIpc) is 3.33. The number of anilines is 2. The largest absolute Gasteiger partial charge is 0.416 e. The number of hydrogen-bond acceptors (Lipinski definition) is 8. The van der Waals surface area contributed by atoms with Gasteiger partial charge in [-0.05, 0) is 42.8 Å². The van der Waals surface area contributed by atoms with Crippen molar-refractivity contribution in [2.45, 2.75) is 12.7 Å². The Labute approximate surface area is 236 Å². The Bertz CT molecular complexity index is 1580. The van der Waals surface area contributed by atoms with Crippen LogP contribution >= 0.6 is 0 Å². The maximum atomic E-state index is 13.1. The van der Waals surface area contributed by atoms with Gasteiger partial charge in [-0.2, -0.15) is 18.3 Å². The van der Waals surface area contributed by atoms with Crippen LogP contribution in [-0.4, -0.2) is 76.1 Å². The molecule has 41 heavy (non-hydrogen) atoms. The second-order valence-electron chi connectivity index (χ2n) is 9.60. The molecule has 1 fully saturated rings. The third-order valence-corrected chi connectivity index (χ3v) is 6.71. The maximum absolute atomic E-state index is 13.1. The summed E-state index contributed by atoms with van der Waals surface area (Å²) in [6.45, 7) is 3.77. The lowest BCUT2D eigenvalue weighted by Gasteiger charge is -2.33. The van der Waals surface area contributed by atoms with Crippen molar-refractivity contribution in [3.63, 3.8) is 0 Å². The Morgan fingerprint density at radius 2 is 1.83 bits per heavy atom. The van der Waals surface area contributed by atoms with Crippen LogP contribution in [0, 0.1) is 11.8 Å². The number of pyridine rings is 2. The van der Waals surface area contributed by atoms with Crippen LogP contribution in [0.25, 0.3) is 10.9 Å². The van der Waals surface area contributed by atoms with E-state index in [1.807, 2.05) is 19.2 Å². The van der Waals surface area contributed by atoms with E-state index in [4.69, 9.17) is 5.73 Å². The standard InChI is InChI=1S/C15H11N5O.C14H20F3N3/c1-20-12(7-11(9-21)19-20)5-4-10-8-18-15(16)14-13(10)3-2-6-17-14;1-18-12-4-3-11(13(9-12)14(15,16)17)10-20-7-5-19(2)6-8-20/h2-3,6-9H,1H3,(H2,16,18);3-4,9,18H,5-8,10H2,1-2H3. The van der Waals surface area contributed by atoms with E-state index in [0.29, 0.717) is 46.8 Å². The molecule has 1 aromatic carbocycles. The SMILES string of the molecule is CNc1ccc(CN2CCN(C)CC2)c(C(F)(F)F)c1.Cn1nc(C=O)cc1C#Cc1cnc(N)c2ncccc12.